The van der Waals surface area contributed by atoms with Crippen LogP contribution in [0.5, 0.6) is 0 Å². The van der Waals surface area contributed by atoms with Gasteiger partial charge in [0.1, 0.15) is 0 Å². The summed E-state index contributed by atoms with van der Waals surface area (Å²) < 4.78 is 0. The van der Waals surface area contributed by atoms with Crippen molar-refractivity contribution in [3.8, 4) is 0 Å². The summed E-state index contributed by atoms with van der Waals surface area (Å²) in [7, 11) is 0. The van der Waals surface area contributed by atoms with Gasteiger partial charge in [-0.3, -0.25) is 4.79 Å². The molecule has 0 aliphatic carbocycles. The molecule has 7 heteroatoms. The van der Waals surface area contributed by atoms with Crippen LogP contribution in [0.15, 0.2) is 18.2 Å². The molecule has 1 saturated heterocycles. The fraction of sp³-hybridized carbons (Fsp3) is 0.429. The number of carboxylic acids is 1. The summed E-state index contributed by atoms with van der Waals surface area (Å²) in [5, 5.41) is 15.7. The van der Waals surface area contributed by atoms with Crippen molar-refractivity contribution in [2.45, 2.75) is 18.1 Å². The van der Waals surface area contributed by atoms with Crippen molar-refractivity contribution >= 4 is 40.9 Å². The number of anilines is 1. The number of carboxylic acid groups (broad SMARTS) is 1. The number of rotatable bonds is 5. The molecule has 0 radical (unpaired) electrons. The van der Waals surface area contributed by atoms with Gasteiger partial charge >= 0.3 is 5.97 Å². The van der Waals surface area contributed by atoms with E-state index in [1.807, 2.05) is 0 Å². The minimum absolute atomic E-state index is 0.0591. The molecule has 5 nitrogen and oxygen atoms in total. The molecule has 3 N–H and O–H groups in total. The Morgan fingerprint density at radius 3 is 2.71 bits per heavy atom. The molecule has 21 heavy (non-hydrogen) atoms. The maximum Gasteiger partial charge on any atom is 0.335 e. The predicted molar refractivity (Wildman–Crippen MR) is 85.4 cm³/mol. The van der Waals surface area contributed by atoms with E-state index >= 15 is 0 Å². The molecule has 1 fully saturated rings. The normalized spacial score (nSPS) is 15.7. The highest BCUT2D eigenvalue weighted by atomic mass is 35.5. The summed E-state index contributed by atoms with van der Waals surface area (Å²) in [4.78, 5) is 22.9. The topological polar surface area (TPSA) is 78.4 Å². The Bertz CT molecular complexity index is 533. The Hall–Kier alpha value is -1.24. The van der Waals surface area contributed by atoms with Crippen LogP contribution in [0.3, 0.4) is 0 Å². The summed E-state index contributed by atoms with van der Waals surface area (Å²) in [5.41, 5.74) is 0.472. The van der Waals surface area contributed by atoms with Gasteiger partial charge in [-0.15, -0.1) is 11.8 Å². The number of carbonyl (C=O) groups is 2. The van der Waals surface area contributed by atoms with E-state index in [4.69, 9.17) is 16.7 Å². The first-order valence-corrected chi connectivity index (χ1v) is 8.13. The molecular formula is C14H17ClN2O3S. The van der Waals surface area contributed by atoms with Crippen LogP contribution in [-0.4, -0.2) is 41.1 Å². The zero-order valence-electron chi connectivity index (χ0n) is 11.4. The number of hydrogen-bond donors (Lipinski definition) is 3. The van der Waals surface area contributed by atoms with Gasteiger partial charge in [-0.25, -0.2) is 4.79 Å². The number of nitrogens with one attached hydrogen (secondary N) is 2. The Labute approximate surface area is 132 Å². The van der Waals surface area contributed by atoms with Gasteiger partial charge in [0.25, 0.3) is 0 Å². The van der Waals surface area contributed by atoms with Crippen molar-refractivity contribution in [3.63, 3.8) is 0 Å². The molecule has 1 aliphatic heterocycles. The standard InChI is InChI=1S/C14H17ClN2O3S/c15-10-5-9(14(19)20)6-11(7-10)17-13(18)8-21-12-1-3-16-4-2-12/h5-7,12,16H,1-4,8H2,(H,17,18)(H,19,20). The lowest BCUT2D eigenvalue weighted by atomic mass is 10.2. The third-order valence-electron chi connectivity index (χ3n) is 3.16. The smallest absolute Gasteiger partial charge is 0.335 e. The number of aromatic carboxylic acids is 1. The van der Waals surface area contributed by atoms with E-state index < -0.39 is 5.97 Å². The summed E-state index contributed by atoms with van der Waals surface area (Å²) >= 11 is 7.49. The molecule has 1 aromatic rings. The lowest BCUT2D eigenvalue weighted by Gasteiger charge is -2.21. The van der Waals surface area contributed by atoms with E-state index in [-0.39, 0.29) is 16.5 Å². The van der Waals surface area contributed by atoms with Gasteiger partial charge in [-0.1, -0.05) is 11.6 Å². The average Bonchev–Trinajstić information content (AvgIpc) is 2.45. The van der Waals surface area contributed by atoms with Crippen LogP contribution >= 0.6 is 23.4 Å². The van der Waals surface area contributed by atoms with Crippen LogP contribution in [0, 0.1) is 0 Å². The number of amides is 1. The van der Waals surface area contributed by atoms with Crippen molar-refractivity contribution < 1.29 is 14.7 Å². The van der Waals surface area contributed by atoms with E-state index in [0.29, 0.717) is 16.7 Å². The number of benzene rings is 1. The van der Waals surface area contributed by atoms with Crippen molar-refractivity contribution in [2.75, 3.05) is 24.2 Å². The maximum atomic E-state index is 11.9. The molecule has 0 aromatic heterocycles. The molecule has 1 amide bonds. The lowest BCUT2D eigenvalue weighted by Crippen LogP contribution is -2.30. The number of piperidine rings is 1. The Morgan fingerprint density at radius 2 is 2.05 bits per heavy atom. The molecule has 0 saturated carbocycles. The summed E-state index contributed by atoms with van der Waals surface area (Å²) in [6.45, 7) is 1.99. The van der Waals surface area contributed by atoms with Crippen LogP contribution in [0.25, 0.3) is 0 Å². The van der Waals surface area contributed by atoms with Crippen LogP contribution in [0.4, 0.5) is 5.69 Å². The third-order valence-corrected chi connectivity index (χ3v) is 4.75. The summed E-state index contributed by atoms with van der Waals surface area (Å²) in [5.74, 6) is -0.853. The van der Waals surface area contributed by atoms with Crippen molar-refractivity contribution in [1.82, 2.24) is 5.32 Å². The highest BCUT2D eigenvalue weighted by Crippen LogP contribution is 2.22. The second-order valence-corrected chi connectivity index (χ2v) is 6.57. The first kappa shape index (κ1) is 16.1. The molecule has 0 atom stereocenters. The van der Waals surface area contributed by atoms with E-state index in [1.165, 1.54) is 12.1 Å². The third kappa shape index (κ3) is 5.22. The van der Waals surface area contributed by atoms with Crippen molar-refractivity contribution in [3.05, 3.63) is 28.8 Å². The van der Waals surface area contributed by atoms with Gasteiger partial charge in [-0.2, -0.15) is 0 Å². The highest BCUT2D eigenvalue weighted by molar-refractivity contribution is 8.00. The van der Waals surface area contributed by atoms with Crippen molar-refractivity contribution in [2.24, 2.45) is 0 Å². The number of halogens is 1. The van der Waals surface area contributed by atoms with Crippen LogP contribution < -0.4 is 10.6 Å². The fourth-order valence-corrected chi connectivity index (χ4v) is 3.40. The van der Waals surface area contributed by atoms with E-state index in [1.54, 1.807) is 17.8 Å². The predicted octanol–water partition coefficient (Wildman–Crippen LogP) is 2.46. The van der Waals surface area contributed by atoms with E-state index in [9.17, 15) is 9.59 Å². The summed E-state index contributed by atoms with van der Waals surface area (Å²) in [6.07, 6.45) is 2.14. The molecule has 1 aromatic carbocycles. The Balaban J connectivity index is 1.88. The number of carbonyl (C=O) groups excluding carboxylic acids is 1. The SMILES string of the molecule is O=C(CSC1CCNCC1)Nc1cc(Cl)cc(C(=O)O)c1. The Morgan fingerprint density at radius 1 is 1.33 bits per heavy atom. The Kier molecular flexibility index (Phi) is 5.90. The summed E-state index contributed by atoms with van der Waals surface area (Å²) in [6, 6.07) is 4.30. The lowest BCUT2D eigenvalue weighted by molar-refractivity contribution is -0.113. The quantitative estimate of drug-likeness (QED) is 0.774. The zero-order chi connectivity index (χ0) is 15.2. The second kappa shape index (κ2) is 7.68. The number of hydrogen-bond acceptors (Lipinski definition) is 4. The van der Waals surface area contributed by atoms with Gasteiger partial charge in [0.15, 0.2) is 0 Å². The molecular weight excluding hydrogens is 312 g/mol. The van der Waals surface area contributed by atoms with E-state index in [2.05, 4.69) is 10.6 Å². The van der Waals surface area contributed by atoms with E-state index in [0.717, 1.165) is 25.9 Å². The van der Waals surface area contributed by atoms with Crippen LogP contribution in [0.2, 0.25) is 5.02 Å². The minimum Gasteiger partial charge on any atom is -0.478 e. The molecule has 1 aliphatic rings. The average molecular weight is 329 g/mol. The van der Waals surface area contributed by atoms with Gasteiger partial charge in [0.05, 0.1) is 11.3 Å². The second-order valence-electron chi connectivity index (χ2n) is 4.84. The zero-order valence-corrected chi connectivity index (χ0v) is 13.0. The van der Waals surface area contributed by atoms with Crippen molar-refractivity contribution in [1.29, 1.82) is 0 Å². The first-order valence-electron chi connectivity index (χ1n) is 6.70. The molecule has 0 unspecified atom stereocenters. The fourth-order valence-electron chi connectivity index (χ4n) is 2.14. The van der Waals surface area contributed by atoms with Gasteiger partial charge in [0, 0.05) is 16.0 Å². The minimum atomic E-state index is -1.07. The highest BCUT2D eigenvalue weighted by Gasteiger charge is 2.15. The van der Waals surface area contributed by atoms with Gasteiger partial charge in [-0.05, 0) is 44.1 Å². The molecule has 0 bridgehead atoms. The maximum absolute atomic E-state index is 11.9. The van der Waals surface area contributed by atoms with Gasteiger partial charge in [0.2, 0.25) is 5.91 Å². The first-order chi connectivity index (χ1) is 10.0. The number of thioether (sulfide) groups is 1. The molecule has 2 rings (SSSR count). The van der Waals surface area contributed by atoms with Crippen LogP contribution in [-0.2, 0) is 4.79 Å². The molecule has 114 valence electrons. The largest absolute Gasteiger partial charge is 0.478 e. The monoisotopic (exact) mass is 328 g/mol. The molecule has 0 spiro atoms. The van der Waals surface area contributed by atoms with Crippen LogP contribution in [0.1, 0.15) is 23.2 Å². The molecule has 1 heterocycles. The van der Waals surface area contributed by atoms with Gasteiger partial charge < -0.3 is 15.7 Å².